The van der Waals surface area contributed by atoms with E-state index in [2.05, 4.69) is 0 Å². The molecule has 3 rings (SSSR count). The largest absolute Gasteiger partial charge is 0.506 e. The van der Waals surface area contributed by atoms with Crippen LogP contribution in [-0.2, 0) is 16.0 Å². The van der Waals surface area contributed by atoms with Gasteiger partial charge in [-0.25, -0.2) is 8.42 Å². The van der Waals surface area contributed by atoms with Crippen LogP contribution in [0.4, 0.5) is 13.2 Å². The maximum absolute atomic E-state index is 12.7. The van der Waals surface area contributed by atoms with Crippen molar-refractivity contribution in [2.75, 3.05) is 7.11 Å². The van der Waals surface area contributed by atoms with Crippen LogP contribution in [0, 0.1) is 0 Å². The summed E-state index contributed by atoms with van der Waals surface area (Å²) in [5.41, 5.74) is -0.941. The molecule has 3 aromatic carbocycles. The van der Waals surface area contributed by atoms with E-state index >= 15 is 0 Å². The van der Waals surface area contributed by atoms with Crippen LogP contribution in [0.5, 0.6) is 23.0 Å². The van der Waals surface area contributed by atoms with Gasteiger partial charge >= 0.3 is 6.18 Å². The van der Waals surface area contributed by atoms with Gasteiger partial charge in [-0.1, -0.05) is 11.6 Å². The van der Waals surface area contributed by atoms with Gasteiger partial charge in [-0.05, 0) is 54.6 Å². The van der Waals surface area contributed by atoms with Gasteiger partial charge in [0, 0.05) is 6.07 Å². The number of sulfone groups is 1. The number of phenols is 1. The Kier molecular flexibility index (Phi) is 5.87. The molecule has 0 amide bonds. The molecule has 0 unspecified atom stereocenters. The lowest BCUT2D eigenvalue weighted by Crippen LogP contribution is -2.04. The van der Waals surface area contributed by atoms with Crippen molar-refractivity contribution < 1.29 is 36.2 Å². The Balaban J connectivity index is 1.88. The van der Waals surface area contributed by atoms with E-state index in [-0.39, 0.29) is 26.3 Å². The topological polar surface area (TPSA) is 72.8 Å². The van der Waals surface area contributed by atoms with E-state index in [4.69, 9.17) is 21.1 Å². The molecule has 5 nitrogen and oxygen atoms in total. The second kappa shape index (κ2) is 8.08. The van der Waals surface area contributed by atoms with Crippen LogP contribution >= 0.6 is 11.6 Å². The third kappa shape index (κ3) is 4.47. The molecule has 0 aliphatic rings. The van der Waals surface area contributed by atoms with E-state index in [0.29, 0.717) is 11.8 Å². The van der Waals surface area contributed by atoms with Crippen molar-refractivity contribution in [1.82, 2.24) is 0 Å². The number of hydrogen-bond donors (Lipinski definition) is 1. The number of halogens is 4. The molecule has 0 heterocycles. The second-order valence-electron chi connectivity index (χ2n) is 6.05. The van der Waals surface area contributed by atoms with Gasteiger partial charge in [0.25, 0.3) is 0 Å². The standard InChI is InChI=1S/C20H14ClF3O5S/c1-28-13-3-6-15(7-4-13)30(26,27)19-9-5-14(11-17(19)25)29-18-8-2-12(10-16(18)21)20(22,23)24/h2-11,25H,1H3. The Bertz CT molecular complexity index is 1180. The average molecular weight is 459 g/mol. The van der Waals surface area contributed by atoms with Gasteiger partial charge < -0.3 is 14.6 Å². The molecule has 0 atom stereocenters. The number of hydrogen-bond acceptors (Lipinski definition) is 5. The van der Waals surface area contributed by atoms with Crippen LogP contribution in [0.3, 0.4) is 0 Å². The monoisotopic (exact) mass is 458 g/mol. The van der Waals surface area contributed by atoms with E-state index < -0.39 is 27.3 Å². The summed E-state index contributed by atoms with van der Waals surface area (Å²) in [4.78, 5) is -0.420. The summed E-state index contributed by atoms with van der Waals surface area (Å²) in [6.45, 7) is 0. The molecular weight excluding hydrogens is 445 g/mol. The van der Waals surface area contributed by atoms with Crippen molar-refractivity contribution in [3.8, 4) is 23.0 Å². The molecule has 3 aromatic rings. The molecule has 10 heteroatoms. The van der Waals surface area contributed by atoms with Crippen molar-refractivity contribution in [2.24, 2.45) is 0 Å². The first kappa shape index (κ1) is 21.8. The molecule has 0 spiro atoms. The van der Waals surface area contributed by atoms with Crippen molar-refractivity contribution >= 4 is 21.4 Å². The molecule has 0 bridgehead atoms. The van der Waals surface area contributed by atoms with Crippen molar-refractivity contribution in [3.63, 3.8) is 0 Å². The van der Waals surface area contributed by atoms with E-state index in [1.807, 2.05) is 0 Å². The number of alkyl halides is 3. The van der Waals surface area contributed by atoms with Gasteiger partial charge in [-0.15, -0.1) is 0 Å². The predicted octanol–water partition coefficient (Wildman–Crippen LogP) is 5.70. The fraction of sp³-hybridized carbons (Fsp3) is 0.100. The smallest absolute Gasteiger partial charge is 0.416 e. The lowest BCUT2D eigenvalue weighted by Gasteiger charge is -2.12. The number of ether oxygens (including phenoxy) is 2. The zero-order valence-electron chi connectivity index (χ0n) is 15.3. The summed E-state index contributed by atoms with van der Waals surface area (Å²) in [5, 5.41) is 9.93. The van der Waals surface area contributed by atoms with E-state index in [1.54, 1.807) is 0 Å². The molecule has 0 fully saturated rings. The van der Waals surface area contributed by atoms with Gasteiger partial charge in [0.1, 0.15) is 27.9 Å². The van der Waals surface area contributed by atoms with Crippen molar-refractivity contribution in [2.45, 2.75) is 16.0 Å². The highest BCUT2D eigenvalue weighted by Gasteiger charge is 2.31. The SMILES string of the molecule is COc1ccc(S(=O)(=O)c2ccc(Oc3ccc(C(F)(F)F)cc3Cl)cc2O)cc1. The van der Waals surface area contributed by atoms with Crippen molar-refractivity contribution in [3.05, 3.63) is 71.2 Å². The highest BCUT2D eigenvalue weighted by Crippen LogP contribution is 2.38. The summed E-state index contributed by atoms with van der Waals surface area (Å²) in [6.07, 6.45) is -4.56. The minimum absolute atomic E-state index is 0.0113. The van der Waals surface area contributed by atoms with E-state index in [0.717, 1.165) is 24.3 Å². The molecule has 0 aliphatic carbocycles. The highest BCUT2D eigenvalue weighted by atomic mass is 35.5. The van der Waals surface area contributed by atoms with E-state index in [9.17, 15) is 26.7 Å². The first-order valence-electron chi connectivity index (χ1n) is 8.29. The van der Waals surface area contributed by atoms with Crippen LogP contribution < -0.4 is 9.47 Å². The third-order valence-electron chi connectivity index (χ3n) is 4.08. The van der Waals surface area contributed by atoms with Gasteiger partial charge in [0.2, 0.25) is 9.84 Å². The minimum atomic E-state index is -4.56. The normalized spacial score (nSPS) is 11.9. The van der Waals surface area contributed by atoms with Crippen LogP contribution in [0.25, 0.3) is 0 Å². The number of phenolic OH excluding ortho intramolecular Hbond substituents is 1. The molecule has 0 aliphatic heterocycles. The lowest BCUT2D eigenvalue weighted by molar-refractivity contribution is -0.137. The lowest BCUT2D eigenvalue weighted by atomic mass is 10.2. The predicted molar refractivity (Wildman–Crippen MR) is 103 cm³/mol. The van der Waals surface area contributed by atoms with E-state index in [1.165, 1.54) is 37.4 Å². The second-order valence-corrected chi connectivity index (χ2v) is 8.38. The van der Waals surface area contributed by atoms with Gasteiger partial charge in [-0.2, -0.15) is 13.2 Å². The van der Waals surface area contributed by atoms with Crippen LogP contribution in [0.15, 0.2) is 70.5 Å². The quantitative estimate of drug-likeness (QED) is 0.531. The molecule has 30 heavy (non-hydrogen) atoms. The fourth-order valence-electron chi connectivity index (χ4n) is 2.56. The summed E-state index contributed by atoms with van der Waals surface area (Å²) < 4.78 is 74.0. The molecule has 0 saturated heterocycles. The minimum Gasteiger partial charge on any atom is -0.506 e. The Labute approximate surface area is 175 Å². The Morgan fingerprint density at radius 2 is 1.57 bits per heavy atom. The molecular formula is C20H14ClF3O5S. The summed E-state index contributed by atoms with van der Waals surface area (Å²) in [7, 11) is -2.59. The zero-order valence-corrected chi connectivity index (χ0v) is 16.8. The van der Waals surface area contributed by atoms with Crippen LogP contribution in [0.1, 0.15) is 5.56 Å². The van der Waals surface area contributed by atoms with Crippen molar-refractivity contribution in [1.29, 1.82) is 0 Å². The molecule has 1 N–H and O–H groups in total. The molecule has 0 radical (unpaired) electrons. The fourth-order valence-corrected chi connectivity index (χ4v) is 4.11. The first-order chi connectivity index (χ1) is 14.0. The van der Waals surface area contributed by atoms with Gasteiger partial charge in [0.05, 0.1) is 22.6 Å². The molecule has 158 valence electrons. The number of rotatable bonds is 5. The molecule has 0 aromatic heterocycles. The van der Waals surface area contributed by atoms with Crippen LogP contribution in [0.2, 0.25) is 5.02 Å². The third-order valence-corrected chi connectivity index (χ3v) is 6.19. The highest BCUT2D eigenvalue weighted by molar-refractivity contribution is 7.91. The summed E-state index contributed by atoms with van der Waals surface area (Å²) >= 11 is 5.84. The maximum Gasteiger partial charge on any atom is 0.416 e. The van der Waals surface area contributed by atoms with Gasteiger partial charge in [-0.3, -0.25) is 0 Å². The summed E-state index contributed by atoms with van der Waals surface area (Å²) in [6, 6.07) is 11.5. The average Bonchev–Trinajstić information content (AvgIpc) is 2.68. The summed E-state index contributed by atoms with van der Waals surface area (Å²) in [5.74, 6) is -0.223. The Morgan fingerprint density at radius 3 is 2.10 bits per heavy atom. The zero-order chi connectivity index (χ0) is 22.1. The number of benzene rings is 3. The van der Waals surface area contributed by atoms with Crippen LogP contribution in [-0.4, -0.2) is 20.6 Å². The Hall–Kier alpha value is -2.91. The maximum atomic E-state index is 12.7. The first-order valence-corrected chi connectivity index (χ1v) is 10.2. The number of aromatic hydroxyl groups is 1. The molecule has 0 saturated carbocycles. The van der Waals surface area contributed by atoms with Gasteiger partial charge in [0.15, 0.2) is 0 Å². The number of methoxy groups -OCH3 is 1. The Morgan fingerprint density at radius 1 is 0.933 bits per heavy atom.